The fourth-order valence-corrected chi connectivity index (χ4v) is 2.65. The Morgan fingerprint density at radius 3 is 2.79 bits per heavy atom. The molecule has 0 aromatic heterocycles. The zero-order chi connectivity index (χ0) is 14.0. The smallest absolute Gasteiger partial charge is 0.230 e. The number of nitrogens with zero attached hydrogens (tertiary/aromatic N) is 1. The third-order valence-corrected chi connectivity index (χ3v) is 4.34. The fourth-order valence-electron chi connectivity index (χ4n) is 2.34. The number of nitrogens with one attached hydrogen (secondary N) is 1. The summed E-state index contributed by atoms with van der Waals surface area (Å²) >= 11 is 11.9. The Hall–Kier alpha value is -0.770. The van der Waals surface area contributed by atoms with E-state index in [-0.39, 0.29) is 17.9 Å². The lowest BCUT2D eigenvalue weighted by atomic mass is 9.98. The van der Waals surface area contributed by atoms with E-state index in [1.165, 1.54) is 0 Å². The van der Waals surface area contributed by atoms with Gasteiger partial charge in [0.15, 0.2) is 0 Å². The molecule has 2 rings (SSSR count). The van der Waals surface area contributed by atoms with E-state index >= 15 is 0 Å². The minimum absolute atomic E-state index is 0.146. The van der Waals surface area contributed by atoms with Gasteiger partial charge in [-0.05, 0) is 31.5 Å². The lowest BCUT2D eigenvalue weighted by Gasteiger charge is -2.35. The summed E-state index contributed by atoms with van der Waals surface area (Å²) in [6, 6.07) is 5.61. The fraction of sp³-hybridized carbons (Fsp3) is 0.500. The topological polar surface area (TPSA) is 32.3 Å². The van der Waals surface area contributed by atoms with Gasteiger partial charge in [0.25, 0.3) is 0 Å². The van der Waals surface area contributed by atoms with Crippen LogP contribution in [0.2, 0.25) is 10.0 Å². The summed E-state index contributed by atoms with van der Waals surface area (Å²) in [7, 11) is 0. The van der Waals surface area contributed by atoms with Crippen molar-refractivity contribution in [2.24, 2.45) is 0 Å². The van der Waals surface area contributed by atoms with Gasteiger partial charge in [0.1, 0.15) is 0 Å². The number of hydrogen-bond acceptors (Lipinski definition) is 2. The summed E-state index contributed by atoms with van der Waals surface area (Å²) in [5.41, 5.74) is 0.908. The van der Waals surface area contributed by atoms with E-state index in [9.17, 15) is 4.79 Å². The predicted octanol–water partition coefficient (Wildman–Crippen LogP) is 2.92. The second-order valence-corrected chi connectivity index (χ2v) is 5.79. The van der Waals surface area contributed by atoms with E-state index in [1.807, 2.05) is 17.9 Å². The molecule has 1 aliphatic heterocycles. The standard InChI is InChI=1S/C14H18Cl2N2O/c1-9-8-17-5-6-18(9)14(19)10(2)11-3-4-12(15)13(16)7-11/h3-4,7,9-10,17H,5-6,8H2,1-2H3/t9-,10?/m0/s1. The molecule has 0 bridgehead atoms. The van der Waals surface area contributed by atoms with Crippen LogP contribution in [0.4, 0.5) is 0 Å². The molecule has 19 heavy (non-hydrogen) atoms. The number of piperazine rings is 1. The molecular weight excluding hydrogens is 283 g/mol. The summed E-state index contributed by atoms with van der Waals surface area (Å²) in [4.78, 5) is 14.5. The lowest BCUT2D eigenvalue weighted by Crippen LogP contribution is -2.53. The minimum atomic E-state index is -0.199. The Morgan fingerprint density at radius 2 is 2.16 bits per heavy atom. The summed E-state index contributed by atoms with van der Waals surface area (Å²) in [5, 5.41) is 4.29. The maximum atomic E-state index is 12.5. The Balaban J connectivity index is 2.15. The van der Waals surface area contributed by atoms with Gasteiger partial charge in [0.05, 0.1) is 16.0 Å². The molecule has 0 spiro atoms. The highest BCUT2D eigenvalue weighted by Gasteiger charge is 2.27. The van der Waals surface area contributed by atoms with Gasteiger partial charge in [-0.15, -0.1) is 0 Å². The van der Waals surface area contributed by atoms with Crippen molar-refractivity contribution in [3.05, 3.63) is 33.8 Å². The number of amides is 1. The monoisotopic (exact) mass is 300 g/mol. The van der Waals surface area contributed by atoms with Gasteiger partial charge in [0, 0.05) is 25.7 Å². The Kier molecular flexibility index (Phi) is 4.71. The van der Waals surface area contributed by atoms with Gasteiger partial charge < -0.3 is 10.2 Å². The second-order valence-electron chi connectivity index (χ2n) is 4.98. The van der Waals surface area contributed by atoms with E-state index < -0.39 is 0 Å². The van der Waals surface area contributed by atoms with Crippen LogP contribution in [0.25, 0.3) is 0 Å². The summed E-state index contributed by atoms with van der Waals surface area (Å²) in [5.74, 6) is -0.0531. The third-order valence-electron chi connectivity index (χ3n) is 3.60. The molecule has 1 heterocycles. The third kappa shape index (κ3) is 3.22. The van der Waals surface area contributed by atoms with Crippen molar-refractivity contribution >= 4 is 29.1 Å². The first-order valence-corrected chi connectivity index (χ1v) is 7.22. The van der Waals surface area contributed by atoms with Gasteiger partial charge in [-0.1, -0.05) is 29.3 Å². The second kappa shape index (κ2) is 6.12. The molecule has 1 aromatic carbocycles. The molecule has 104 valence electrons. The zero-order valence-corrected chi connectivity index (χ0v) is 12.6. The molecule has 1 saturated heterocycles. The largest absolute Gasteiger partial charge is 0.337 e. The van der Waals surface area contributed by atoms with E-state index in [2.05, 4.69) is 12.2 Å². The van der Waals surface area contributed by atoms with Crippen molar-refractivity contribution in [2.45, 2.75) is 25.8 Å². The van der Waals surface area contributed by atoms with Gasteiger partial charge in [0.2, 0.25) is 5.91 Å². The number of hydrogen-bond donors (Lipinski definition) is 1. The lowest BCUT2D eigenvalue weighted by molar-refractivity contribution is -0.135. The van der Waals surface area contributed by atoms with Crippen molar-refractivity contribution in [1.82, 2.24) is 10.2 Å². The molecule has 0 radical (unpaired) electrons. The predicted molar refractivity (Wildman–Crippen MR) is 78.9 cm³/mol. The minimum Gasteiger partial charge on any atom is -0.337 e. The SMILES string of the molecule is CC(C(=O)N1CCNC[C@@H]1C)c1ccc(Cl)c(Cl)c1. The van der Waals surface area contributed by atoms with Gasteiger partial charge in [-0.25, -0.2) is 0 Å². The number of halogens is 2. The maximum Gasteiger partial charge on any atom is 0.230 e. The molecule has 0 aliphatic carbocycles. The molecule has 1 unspecified atom stereocenters. The van der Waals surface area contributed by atoms with Crippen molar-refractivity contribution in [3.63, 3.8) is 0 Å². The highest BCUT2D eigenvalue weighted by atomic mass is 35.5. The quantitative estimate of drug-likeness (QED) is 0.911. The van der Waals surface area contributed by atoms with Crippen LogP contribution < -0.4 is 5.32 Å². The first-order valence-electron chi connectivity index (χ1n) is 6.47. The average Bonchev–Trinajstić information content (AvgIpc) is 2.41. The molecule has 0 saturated carbocycles. The summed E-state index contributed by atoms with van der Waals surface area (Å²) in [6.07, 6.45) is 0. The first kappa shape index (κ1) is 14.6. The number of benzene rings is 1. The Morgan fingerprint density at radius 1 is 1.42 bits per heavy atom. The van der Waals surface area contributed by atoms with Crippen LogP contribution in [0.5, 0.6) is 0 Å². The van der Waals surface area contributed by atoms with E-state index in [0.717, 1.165) is 25.2 Å². The van der Waals surface area contributed by atoms with Crippen LogP contribution in [-0.2, 0) is 4.79 Å². The molecular formula is C14H18Cl2N2O. The highest BCUT2D eigenvalue weighted by Crippen LogP contribution is 2.27. The van der Waals surface area contributed by atoms with Crippen LogP contribution in [0.15, 0.2) is 18.2 Å². The average molecular weight is 301 g/mol. The number of rotatable bonds is 2. The summed E-state index contributed by atoms with van der Waals surface area (Å²) in [6.45, 7) is 6.43. The van der Waals surface area contributed by atoms with Gasteiger partial charge in [-0.3, -0.25) is 4.79 Å². The van der Waals surface area contributed by atoms with Gasteiger partial charge >= 0.3 is 0 Å². The van der Waals surface area contributed by atoms with Crippen LogP contribution in [-0.4, -0.2) is 36.5 Å². The van der Waals surface area contributed by atoms with Crippen molar-refractivity contribution < 1.29 is 4.79 Å². The normalized spacial score (nSPS) is 21.3. The van der Waals surface area contributed by atoms with Crippen LogP contribution in [0, 0.1) is 0 Å². The van der Waals surface area contributed by atoms with Gasteiger partial charge in [-0.2, -0.15) is 0 Å². The van der Waals surface area contributed by atoms with Crippen LogP contribution in [0.1, 0.15) is 25.3 Å². The Bertz CT molecular complexity index is 479. The molecule has 3 nitrogen and oxygen atoms in total. The maximum absolute atomic E-state index is 12.5. The molecule has 2 atom stereocenters. The molecule has 1 N–H and O–H groups in total. The van der Waals surface area contributed by atoms with Crippen molar-refractivity contribution in [3.8, 4) is 0 Å². The van der Waals surface area contributed by atoms with Crippen LogP contribution in [0.3, 0.4) is 0 Å². The highest BCUT2D eigenvalue weighted by molar-refractivity contribution is 6.42. The van der Waals surface area contributed by atoms with Crippen molar-refractivity contribution in [2.75, 3.05) is 19.6 Å². The molecule has 1 fully saturated rings. The van der Waals surface area contributed by atoms with E-state index in [0.29, 0.717) is 10.0 Å². The van der Waals surface area contributed by atoms with E-state index in [1.54, 1.807) is 12.1 Å². The van der Waals surface area contributed by atoms with Crippen LogP contribution >= 0.6 is 23.2 Å². The molecule has 1 amide bonds. The Labute approximate surface area is 123 Å². The first-order chi connectivity index (χ1) is 9.00. The number of carbonyl (C=O) groups is 1. The molecule has 5 heteroatoms. The summed E-state index contributed by atoms with van der Waals surface area (Å²) < 4.78 is 0. The molecule has 1 aliphatic rings. The van der Waals surface area contributed by atoms with Crippen molar-refractivity contribution in [1.29, 1.82) is 0 Å². The zero-order valence-electron chi connectivity index (χ0n) is 11.1. The molecule has 1 aromatic rings. The number of carbonyl (C=O) groups excluding carboxylic acids is 1. The van der Waals surface area contributed by atoms with E-state index in [4.69, 9.17) is 23.2 Å².